The molecule has 2 aromatic rings. The molecule has 2 aromatic carbocycles. The van der Waals surface area contributed by atoms with E-state index in [2.05, 4.69) is 24.5 Å². The van der Waals surface area contributed by atoms with Gasteiger partial charge in [-0.25, -0.2) is 4.39 Å². The lowest BCUT2D eigenvalue weighted by molar-refractivity contribution is -0.132. The molecule has 2 amide bonds. The Hall–Kier alpha value is -2.69. The predicted molar refractivity (Wildman–Crippen MR) is 84.2 cm³/mol. The summed E-state index contributed by atoms with van der Waals surface area (Å²) in [5, 5.41) is 4.92. The molecule has 0 saturated carbocycles. The van der Waals surface area contributed by atoms with Crippen LogP contribution >= 0.6 is 0 Å². The number of carbonyl (C=O) groups excluding carboxylic acids is 2. The first kappa shape index (κ1) is 15.7. The molecule has 2 rings (SSSR count). The van der Waals surface area contributed by atoms with Gasteiger partial charge in [0, 0.05) is 11.4 Å². The lowest BCUT2D eigenvalue weighted by Crippen LogP contribution is -2.29. The molecule has 0 unspecified atom stereocenters. The second kappa shape index (κ2) is 6.85. The fourth-order valence-corrected chi connectivity index (χ4v) is 1.86. The summed E-state index contributed by atoms with van der Waals surface area (Å²) in [4.78, 5) is 23.6. The van der Waals surface area contributed by atoms with Crippen molar-refractivity contribution in [2.75, 3.05) is 10.6 Å². The van der Waals surface area contributed by atoms with Crippen molar-refractivity contribution in [1.82, 2.24) is 0 Å². The zero-order chi connectivity index (χ0) is 16.1. The summed E-state index contributed by atoms with van der Waals surface area (Å²) >= 11 is 0. The third-order valence-corrected chi connectivity index (χ3v) is 3.14. The van der Waals surface area contributed by atoms with Crippen molar-refractivity contribution in [1.29, 1.82) is 0 Å². The molecule has 0 aliphatic rings. The number of benzene rings is 2. The molecule has 114 valence electrons. The fourth-order valence-electron chi connectivity index (χ4n) is 1.86. The molecule has 5 heteroatoms. The monoisotopic (exact) mass is 300 g/mol. The second-order valence-electron chi connectivity index (χ2n) is 5.19. The Labute approximate surface area is 128 Å². The van der Waals surface area contributed by atoms with Crippen molar-refractivity contribution >= 4 is 23.2 Å². The van der Waals surface area contributed by atoms with Crippen LogP contribution in [0.15, 0.2) is 48.5 Å². The summed E-state index contributed by atoms with van der Waals surface area (Å²) in [6, 6.07) is 12.5. The van der Waals surface area contributed by atoms with Crippen LogP contribution in [0.2, 0.25) is 0 Å². The average Bonchev–Trinajstić information content (AvgIpc) is 2.50. The summed E-state index contributed by atoms with van der Waals surface area (Å²) in [7, 11) is 0. The lowest BCUT2D eigenvalue weighted by Gasteiger charge is -2.09. The molecule has 0 saturated heterocycles. The highest BCUT2D eigenvalue weighted by Gasteiger charge is 2.14. The smallest absolute Gasteiger partial charge is 0.314 e. The SMILES string of the molecule is CC(C)c1ccc(NC(=O)C(=O)Nc2ccc(F)cc2)cc1. The third kappa shape index (κ3) is 4.15. The van der Waals surface area contributed by atoms with Gasteiger partial charge in [-0.3, -0.25) is 9.59 Å². The van der Waals surface area contributed by atoms with Gasteiger partial charge < -0.3 is 10.6 Å². The van der Waals surface area contributed by atoms with Gasteiger partial charge in [-0.05, 0) is 47.9 Å². The number of nitrogens with one attached hydrogen (secondary N) is 2. The van der Waals surface area contributed by atoms with Crippen LogP contribution in [-0.4, -0.2) is 11.8 Å². The number of amides is 2. The first-order chi connectivity index (χ1) is 10.5. The number of hydrogen-bond donors (Lipinski definition) is 2. The highest BCUT2D eigenvalue weighted by Crippen LogP contribution is 2.17. The third-order valence-electron chi connectivity index (χ3n) is 3.14. The first-order valence-electron chi connectivity index (χ1n) is 6.93. The van der Waals surface area contributed by atoms with Crippen molar-refractivity contribution in [2.24, 2.45) is 0 Å². The van der Waals surface area contributed by atoms with E-state index < -0.39 is 17.6 Å². The van der Waals surface area contributed by atoms with Crippen LogP contribution in [0.5, 0.6) is 0 Å². The molecule has 0 radical (unpaired) electrons. The molecule has 0 aromatic heterocycles. The van der Waals surface area contributed by atoms with Crippen LogP contribution in [0.1, 0.15) is 25.3 Å². The minimum absolute atomic E-state index is 0.358. The molecular weight excluding hydrogens is 283 g/mol. The van der Waals surface area contributed by atoms with Gasteiger partial charge in [-0.2, -0.15) is 0 Å². The Balaban J connectivity index is 1.96. The quantitative estimate of drug-likeness (QED) is 0.852. The van der Waals surface area contributed by atoms with Gasteiger partial charge in [-0.1, -0.05) is 26.0 Å². The maximum absolute atomic E-state index is 12.8. The van der Waals surface area contributed by atoms with Crippen LogP contribution in [-0.2, 0) is 9.59 Å². The number of halogens is 1. The van der Waals surface area contributed by atoms with E-state index in [9.17, 15) is 14.0 Å². The molecule has 0 aliphatic heterocycles. The molecule has 2 N–H and O–H groups in total. The van der Waals surface area contributed by atoms with Crippen LogP contribution in [0, 0.1) is 5.82 Å². The fraction of sp³-hybridized carbons (Fsp3) is 0.176. The molecule has 0 spiro atoms. The van der Waals surface area contributed by atoms with Gasteiger partial charge in [0.15, 0.2) is 0 Å². The second-order valence-corrected chi connectivity index (χ2v) is 5.19. The van der Waals surface area contributed by atoms with E-state index in [1.165, 1.54) is 24.3 Å². The van der Waals surface area contributed by atoms with E-state index in [1.54, 1.807) is 12.1 Å². The molecule has 0 aliphatic carbocycles. The molecule has 0 bridgehead atoms. The molecule has 22 heavy (non-hydrogen) atoms. The number of anilines is 2. The van der Waals surface area contributed by atoms with E-state index in [-0.39, 0.29) is 0 Å². The standard InChI is InChI=1S/C17H17FN2O2/c1-11(2)12-3-7-14(8-4-12)19-16(21)17(22)20-15-9-5-13(18)6-10-15/h3-11H,1-2H3,(H,19,21)(H,20,22). The molecule has 0 heterocycles. The van der Waals surface area contributed by atoms with Gasteiger partial charge in [0.05, 0.1) is 0 Å². The maximum atomic E-state index is 12.8. The summed E-state index contributed by atoms with van der Waals surface area (Å²) in [5.41, 5.74) is 2.05. The molecule has 4 nitrogen and oxygen atoms in total. The van der Waals surface area contributed by atoms with Crippen molar-refractivity contribution in [2.45, 2.75) is 19.8 Å². The minimum atomic E-state index is -0.806. The highest BCUT2D eigenvalue weighted by atomic mass is 19.1. The summed E-state index contributed by atoms with van der Waals surface area (Å²) in [6.45, 7) is 4.15. The van der Waals surface area contributed by atoms with Gasteiger partial charge >= 0.3 is 11.8 Å². The van der Waals surface area contributed by atoms with E-state index in [0.717, 1.165) is 5.56 Å². The highest BCUT2D eigenvalue weighted by molar-refractivity contribution is 6.43. The largest absolute Gasteiger partial charge is 0.318 e. The Morgan fingerprint density at radius 3 is 1.64 bits per heavy atom. The van der Waals surface area contributed by atoms with Gasteiger partial charge in [0.25, 0.3) is 0 Å². The zero-order valence-corrected chi connectivity index (χ0v) is 12.4. The Bertz CT molecular complexity index is 664. The maximum Gasteiger partial charge on any atom is 0.314 e. The van der Waals surface area contributed by atoms with Crippen molar-refractivity contribution in [3.8, 4) is 0 Å². The average molecular weight is 300 g/mol. The van der Waals surface area contributed by atoms with Crippen LogP contribution in [0.4, 0.5) is 15.8 Å². The van der Waals surface area contributed by atoms with E-state index in [4.69, 9.17) is 0 Å². The number of carbonyl (C=O) groups is 2. The van der Waals surface area contributed by atoms with Crippen LogP contribution in [0.25, 0.3) is 0 Å². The molecule has 0 atom stereocenters. The minimum Gasteiger partial charge on any atom is -0.318 e. The Morgan fingerprint density at radius 2 is 1.23 bits per heavy atom. The first-order valence-corrected chi connectivity index (χ1v) is 6.93. The van der Waals surface area contributed by atoms with Crippen molar-refractivity contribution in [3.05, 3.63) is 59.9 Å². The van der Waals surface area contributed by atoms with E-state index in [0.29, 0.717) is 17.3 Å². The Morgan fingerprint density at radius 1 is 0.818 bits per heavy atom. The van der Waals surface area contributed by atoms with Gasteiger partial charge in [0.1, 0.15) is 5.82 Å². The Kier molecular flexibility index (Phi) is 4.88. The summed E-state index contributed by atoms with van der Waals surface area (Å²) < 4.78 is 12.8. The molecular formula is C17H17FN2O2. The summed E-state index contributed by atoms with van der Waals surface area (Å²) in [5.74, 6) is -1.60. The zero-order valence-electron chi connectivity index (χ0n) is 12.4. The van der Waals surface area contributed by atoms with E-state index in [1.807, 2.05) is 12.1 Å². The van der Waals surface area contributed by atoms with Gasteiger partial charge in [-0.15, -0.1) is 0 Å². The van der Waals surface area contributed by atoms with Crippen LogP contribution < -0.4 is 10.6 Å². The van der Waals surface area contributed by atoms with E-state index >= 15 is 0 Å². The predicted octanol–water partition coefficient (Wildman–Crippen LogP) is 3.53. The van der Waals surface area contributed by atoms with Crippen molar-refractivity contribution < 1.29 is 14.0 Å². The molecule has 0 fully saturated rings. The van der Waals surface area contributed by atoms with Crippen molar-refractivity contribution in [3.63, 3.8) is 0 Å². The van der Waals surface area contributed by atoms with Crippen LogP contribution in [0.3, 0.4) is 0 Å². The normalized spacial score (nSPS) is 10.4. The summed E-state index contributed by atoms with van der Waals surface area (Å²) in [6.07, 6.45) is 0. The topological polar surface area (TPSA) is 58.2 Å². The lowest BCUT2D eigenvalue weighted by atomic mass is 10.0. The number of rotatable bonds is 3. The number of hydrogen-bond acceptors (Lipinski definition) is 2. The van der Waals surface area contributed by atoms with Gasteiger partial charge in [0.2, 0.25) is 0 Å².